The fraction of sp³-hybridized carbons (Fsp3) is 0.143. The summed E-state index contributed by atoms with van der Waals surface area (Å²) in [4.78, 5) is 17.3. The molecule has 0 atom stereocenters. The van der Waals surface area contributed by atoms with Crippen LogP contribution >= 0.6 is 0 Å². The molecule has 3 rings (SSSR count). The number of nitrogens with zero attached hydrogens (tertiary/aromatic N) is 4. The van der Waals surface area contributed by atoms with E-state index in [0.717, 1.165) is 33.5 Å². The van der Waals surface area contributed by atoms with Gasteiger partial charge in [-0.3, -0.25) is 9.97 Å². The normalized spacial score (nSPS) is 10.2. The Morgan fingerprint density at radius 3 is 2.37 bits per heavy atom. The molecule has 0 aliphatic rings. The van der Waals surface area contributed by atoms with Gasteiger partial charge in [-0.05, 0) is 31.5 Å². The molecule has 5 nitrogen and oxygen atoms in total. The van der Waals surface area contributed by atoms with Gasteiger partial charge in [-0.25, -0.2) is 9.97 Å². The van der Waals surface area contributed by atoms with Crippen LogP contribution in [0.1, 0.15) is 11.3 Å². The summed E-state index contributed by atoms with van der Waals surface area (Å²) >= 11 is 0. The molecule has 3 heterocycles. The van der Waals surface area contributed by atoms with Crippen molar-refractivity contribution in [1.29, 1.82) is 0 Å². The van der Waals surface area contributed by atoms with Crippen molar-refractivity contribution in [1.82, 2.24) is 26.1 Å². The van der Waals surface area contributed by atoms with Crippen molar-refractivity contribution >= 4 is 10.9 Å². The van der Waals surface area contributed by atoms with E-state index in [-0.39, 0.29) is 6.15 Å². The molecule has 0 aliphatic heterocycles. The van der Waals surface area contributed by atoms with Crippen LogP contribution in [0.2, 0.25) is 0 Å². The summed E-state index contributed by atoms with van der Waals surface area (Å²) < 4.78 is 0. The van der Waals surface area contributed by atoms with Gasteiger partial charge >= 0.3 is 0 Å². The second-order valence-corrected chi connectivity index (χ2v) is 4.22. The Bertz CT molecular complexity index is 710. The molecule has 3 N–H and O–H groups in total. The molecule has 0 saturated heterocycles. The van der Waals surface area contributed by atoms with Gasteiger partial charge in [0.2, 0.25) is 0 Å². The monoisotopic (exact) mass is 253 g/mol. The third-order valence-corrected chi connectivity index (χ3v) is 2.92. The van der Waals surface area contributed by atoms with E-state index < -0.39 is 0 Å². The quantitative estimate of drug-likeness (QED) is 0.720. The summed E-state index contributed by atoms with van der Waals surface area (Å²) in [6.07, 6.45) is 7.10. The van der Waals surface area contributed by atoms with Gasteiger partial charge in [0.15, 0.2) is 5.82 Å². The molecule has 0 spiro atoms. The third-order valence-electron chi connectivity index (χ3n) is 2.92. The first-order valence-electron chi connectivity index (χ1n) is 5.75. The van der Waals surface area contributed by atoms with Gasteiger partial charge in [-0.1, -0.05) is 0 Å². The van der Waals surface area contributed by atoms with Crippen molar-refractivity contribution in [2.24, 2.45) is 0 Å². The Kier molecular flexibility index (Phi) is 3.48. The number of aryl methyl sites for hydroxylation is 2. The van der Waals surface area contributed by atoms with Crippen LogP contribution in [0, 0.1) is 13.8 Å². The van der Waals surface area contributed by atoms with Gasteiger partial charge in [0, 0.05) is 35.2 Å². The van der Waals surface area contributed by atoms with Crippen LogP contribution in [-0.2, 0) is 0 Å². The van der Waals surface area contributed by atoms with Crippen LogP contribution in [0.5, 0.6) is 0 Å². The Labute approximate surface area is 111 Å². The van der Waals surface area contributed by atoms with Crippen LogP contribution in [0.3, 0.4) is 0 Å². The zero-order valence-electron chi connectivity index (χ0n) is 11.0. The highest BCUT2D eigenvalue weighted by Crippen LogP contribution is 2.22. The first-order valence-corrected chi connectivity index (χ1v) is 5.75. The zero-order valence-corrected chi connectivity index (χ0v) is 11.0. The SMILES string of the molecule is Cc1cncc2nc(-c3ccncc3)nc(C)c12.N. The molecule has 0 aliphatic carbocycles. The van der Waals surface area contributed by atoms with Gasteiger partial charge in [0.05, 0.1) is 11.7 Å². The van der Waals surface area contributed by atoms with E-state index in [0.29, 0.717) is 0 Å². The van der Waals surface area contributed by atoms with Gasteiger partial charge in [-0.15, -0.1) is 0 Å². The molecule has 19 heavy (non-hydrogen) atoms. The van der Waals surface area contributed by atoms with E-state index in [1.54, 1.807) is 18.6 Å². The van der Waals surface area contributed by atoms with Crippen LogP contribution < -0.4 is 6.15 Å². The summed E-state index contributed by atoms with van der Waals surface area (Å²) in [5.41, 5.74) is 3.93. The lowest BCUT2D eigenvalue weighted by Gasteiger charge is -2.07. The molecule has 5 heteroatoms. The van der Waals surface area contributed by atoms with E-state index >= 15 is 0 Å². The van der Waals surface area contributed by atoms with Crippen LogP contribution in [0.15, 0.2) is 36.9 Å². The highest BCUT2D eigenvalue weighted by atomic mass is 14.9. The second kappa shape index (κ2) is 5.07. The lowest BCUT2D eigenvalue weighted by molar-refractivity contribution is 1.13. The Hall–Kier alpha value is -2.40. The summed E-state index contributed by atoms with van der Waals surface area (Å²) in [7, 11) is 0. The fourth-order valence-corrected chi connectivity index (χ4v) is 2.09. The number of hydrogen-bond acceptors (Lipinski definition) is 5. The van der Waals surface area contributed by atoms with Crippen molar-refractivity contribution in [2.45, 2.75) is 13.8 Å². The topological polar surface area (TPSA) is 86.6 Å². The van der Waals surface area contributed by atoms with Crippen molar-refractivity contribution in [3.63, 3.8) is 0 Å². The zero-order chi connectivity index (χ0) is 12.5. The number of aromatic nitrogens is 4. The predicted molar refractivity (Wildman–Crippen MR) is 75.1 cm³/mol. The lowest BCUT2D eigenvalue weighted by Crippen LogP contribution is -1.96. The van der Waals surface area contributed by atoms with E-state index in [1.807, 2.05) is 32.2 Å². The highest BCUT2D eigenvalue weighted by Gasteiger charge is 2.08. The van der Waals surface area contributed by atoms with Gasteiger partial charge in [0.1, 0.15) is 0 Å². The van der Waals surface area contributed by atoms with Crippen molar-refractivity contribution in [2.75, 3.05) is 0 Å². The summed E-state index contributed by atoms with van der Waals surface area (Å²) in [5.74, 6) is 0.717. The minimum absolute atomic E-state index is 0. The molecular weight excluding hydrogens is 238 g/mol. The Morgan fingerprint density at radius 1 is 0.895 bits per heavy atom. The van der Waals surface area contributed by atoms with E-state index in [4.69, 9.17) is 0 Å². The number of hydrogen-bond donors (Lipinski definition) is 1. The minimum atomic E-state index is 0. The molecule has 0 radical (unpaired) electrons. The van der Waals surface area contributed by atoms with Gasteiger partial charge < -0.3 is 6.15 Å². The van der Waals surface area contributed by atoms with Gasteiger partial charge in [0.25, 0.3) is 0 Å². The lowest BCUT2D eigenvalue weighted by atomic mass is 10.1. The first-order chi connectivity index (χ1) is 8.75. The maximum Gasteiger partial charge on any atom is 0.160 e. The van der Waals surface area contributed by atoms with Crippen molar-refractivity contribution in [3.8, 4) is 11.4 Å². The highest BCUT2D eigenvalue weighted by molar-refractivity contribution is 5.84. The smallest absolute Gasteiger partial charge is 0.160 e. The molecule has 0 aromatic carbocycles. The van der Waals surface area contributed by atoms with E-state index in [1.165, 1.54) is 0 Å². The molecular formula is C14H15N5. The molecule has 0 bridgehead atoms. The standard InChI is InChI=1S/C14H12N4.H3N/c1-9-7-16-8-12-13(9)10(2)17-14(18-12)11-3-5-15-6-4-11;/h3-8H,1-2H3;1H3. The second-order valence-electron chi connectivity index (χ2n) is 4.22. The van der Waals surface area contributed by atoms with E-state index in [9.17, 15) is 0 Å². The summed E-state index contributed by atoms with van der Waals surface area (Å²) in [6.45, 7) is 4.03. The summed E-state index contributed by atoms with van der Waals surface area (Å²) in [6, 6.07) is 3.81. The fourth-order valence-electron chi connectivity index (χ4n) is 2.09. The van der Waals surface area contributed by atoms with Crippen molar-refractivity contribution in [3.05, 3.63) is 48.2 Å². The summed E-state index contributed by atoms with van der Waals surface area (Å²) in [5, 5.41) is 1.09. The molecule has 96 valence electrons. The largest absolute Gasteiger partial charge is 0.344 e. The predicted octanol–water partition coefficient (Wildman–Crippen LogP) is 2.87. The maximum atomic E-state index is 4.57. The third kappa shape index (κ3) is 2.28. The molecule has 0 amide bonds. The number of pyridine rings is 2. The molecule has 0 saturated carbocycles. The van der Waals surface area contributed by atoms with Crippen molar-refractivity contribution < 1.29 is 0 Å². The molecule has 3 aromatic rings. The minimum Gasteiger partial charge on any atom is -0.344 e. The first kappa shape index (κ1) is 13.0. The Balaban J connectivity index is 0.00000133. The maximum absolute atomic E-state index is 4.57. The Morgan fingerprint density at radius 2 is 1.63 bits per heavy atom. The molecule has 0 unspecified atom stereocenters. The average Bonchev–Trinajstić information content (AvgIpc) is 2.39. The molecule has 3 aromatic heterocycles. The van der Waals surface area contributed by atoms with E-state index in [2.05, 4.69) is 19.9 Å². The van der Waals surface area contributed by atoms with Gasteiger partial charge in [-0.2, -0.15) is 0 Å². The van der Waals surface area contributed by atoms with Crippen LogP contribution in [0.4, 0.5) is 0 Å². The average molecular weight is 253 g/mol. The number of rotatable bonds is 1. The number of fused-ring (bicyclic) bond motifs is 1. The van der Waals surface area contributed by atoms with Crippen LogP contribution in [-0.4, -0.2) is 19.9 Å². The molecule has 0 fully saturated rings. The van der Waals surface area contributed by atoms with Crippen LogP contribution in [0.25, 0.3) is 22.3 Å².